The normalized spacial score (nSPS) is 14.8. The fourth-order valence-corrected chi connectivity index (χ4v) is 1.54. The van der Waals surface area contributed by atoms with Crippen LogP contribution >= 0.6 is 0 Å². The van der Waals surface area contributed by atoms with E-state index in [2.05, 4.69) is 5.32 Å². The molecule has 2 atom stereocenters. The Morgan fingerprint density at radius 3 is 2.39 bits per heavy atom. The Bertz CT molecular complexity index is 340. The molecule has 2 N–H and O–H groups in total. The first-order chi connectivity index (χ1) is 8.49. The van der Waals surface area contributed by atoms with Gasteiger partial charge in [-0.15, -0.1) is 0 Å². The molecule has 0 fully saturated rings. The molecule has 0 spiro atoms. The summed E-state index contributed by atoms with van der Waals surface area (Å²) >= 11 is 0. The molecule has 18 heavy (non-hydrogen) atoms. The number of hydrogen-bond donors (Lipinski definition) is 2. The molecule has 0 saturated heterocycles. The lowest BCUT2D eigenvalue weighted by Gasteiger charge is -2.18. The van der Waals surface area contributed by atoms with E-state index >= 15 is 0 Å². The highest BCUT2D eigenvalue weighted by molar-refractivity contribution is 5.19. The average molecular weight is 255 g/mol. The van der Waals surface area contributed by atoms with E-state index in [1.807, 2.05) is 20.8 Å². The zero-order chi connectivity index (χ0) is 13.5. The van der Waals surface area contributed by atoms with Crippen LogP contribution in [0.1, 0.15) is 32.4 Å². The van der Waals surface area contributed by atoms with E-state index in [1.54, 1.807) is 12.1 Å². The zero-order valence-corrected chi connectivity index (χ0v) is 11.2. The summed E-state index contributed by atoms with van der Waals surface area (Å²) in [5, 5.41) is 12.9. The summed E-state index contributed by atoms with van der Waals surface area (Å²) in [6.07, 6.45) is -0.413. The molecule has 0 aromatic heterocycles. The molecule has 0 bridgehead atoms. The SMILES string of the molecule is CC(C)OCC(O)CN[C@@H](C)c1ccc(F)cc1. The molecule has 3 nitrogen and oxygen atoms in total. The average Bonchev–Trinajstić information content (AvgIpc) is 2.34. The van der Waals surface area contributed by atoms with Gasteiger partial charge in [0.1, 0.15) is 5.82 Å². The highest BCUT2D eigenvalue weighted by Gasteiger charge is 2.09. The van der Waals surface area contributed by atoms with E-state index in [-0.39, 0.29) is 18.0 Å². The van der Waals surface area contributed by atoms with Crippen LogP contribution in [0.5, 0.6) is 0 Å². The fraction of sp³-hybridized carbons (Fsp3) is 0.571. The molecule has 1 rings (SSSR count). The Kier molecular flexibility index (Phi) is 6.25. The van der Waals surface area contributed by atoms with E-state index in [4.69, 9.17) is 4.74 Å². The van der Waals surface area contributed by atoms with Gasteiger partial charge in [-0.1, -0.05) is 12.1 Å². The summed E-state index contributed by atoms with van der Waals surface area (Å²) in [6.45, 7) is 6.61. The van der Waals surface area contributed by atoms with E-state index < -0.39 is 6.10 Å². The smallest absolute Gasteiger partial charge is 0.123 e. The second-order valence-electron chi connectivity index (χ2n) is 4.72. The van der Waals surface area contributed by atoms with Crippen molar-refractivity contribution in [2.24, 2.45) is 0 Å². The molecule has 0 amide bonds. The monoisotopic (exact) mass is 255 g/mol. The highest BCUT2D eigenvalue weighted by atomic mass is 19.1. The quantitative estimate of drug-likeness (QED) is 0.785. The van der Waals surface area contributed by atoms with E-state index in [9.17, 15) is 9.50 Å². The standard InChI is InChI=1S/C14H22FNO2/c1-10(2)18-9-14(17)8-16-11(3)12-4-6-13(15)7-5-12/h4-7,10-11,14,16-17H,8-9H2,1-3H3/t11-,14?/m0/s1. The maximum atomic E-state index is 12.8. The molecule has 1 aromatic carbocycles. The molecule has 1 unspecified atom stereocenters. The van der Waals surface area contributed by atoms with Crippen molar-refractivity contribution >= 4 is 0 Å². The van der Waals surface area contributed by atoms with Crippen molar-refractivity contribution in [1.82, 2.24) is 5.32 Å². The predicted octanol–water partition coefficient (Wildman–Crippen LogP) is 2.26. The second-order valence-corrected chi connectivity index (χ2v) is 4.72. The molecule has 0 saturated carbocycles. The van der Waals surface area contributed by atoms with Gasteiger partial charge >= 0.3 is 0 Å². The molecule has 1 aromatic rings. The molecule has 0 radical (unpaired) electrons. The van der Waals surface area contributed by atoms with Gasteiger partial charge in [-0.2, -0.15) is 0 Å². The number of aliphatic hydroxyl groups is 1. The predicted molar refractivity (Wildman–Crippen MR) is 69.9 cm³/mol. The van der Waals surface area contributed by atoms with Crippen molar-refractivity contribution in [1.29, 1.82) is 0 Å². The van der Waals surface area contributed by atoms with Crippen molar-refractivity contribution in [2.75, 3.05) is 13.2 Å². The van der Waals surface area contributed by atoms with Crippen LogP contribution in [0.15, 0.2) is 24.3 Å². The van der Waals surface area contributed by atoms with Crippen LogP contribution in [0.4, 0.5) is 4.39 Å². The minimum Gasteiger partial charge on any atom is -0.389 e. The van der Waals surface area contributed by atoms with Crippen molar-refractivity contribution < 1.29 is 14.2 Å². The van der Waals surface area contributed by atoms with Crippen LogP contribution in [0.2, 0.25) is 0 Å². The number of rotatable bonds is 7. The van der Waals surface area contributed by atoms with E-state index in [0.29, 0.717) is 13.2 Å². The first-order valence-corrected chi connectivity index (χ1v) is 6.27. The summed E-state index contributed by atoms with van der Waals surface area (Å²) in [7, 11) is 0. The summed E-state index contributed by atoms with van der Waals surface area (Å²) in [5.41, 5.74) is 0.994. The van der Waals surface area contributed by atoms with Gasteiger partial charge in [0.15, 0.2) is 0 Å². The lowest BCUT2D eigenvalue weighted by molar-refractivity contribution is 0.00560. The molecule has 0 heterocycles. The third-order valence-corrected chi connectivity index (χ3v) is 2.65. The molecule has 102 valence electrons. The van der Waals surface area contributed by atoms with E-state index in [0.717, 1.165) is 5.56 Å². The highest BCUT2D eigenvalue weighted by Crippen LogP contribution is 2.12. The van der Waals surface area contributed by atoms with Crippen LogP contribution in [-0.2, 0) is 4.74 Å². The Hall–Kier alpha value is -0.970. The number of halogens is 1. The Balaban J connectivity index is 2.32. The van der Waals surface area contributed by atoms with Crippen LogP contribution in [0.25, 0.3) is 0 Å². The third-order valence-electron chi connectivity index (χ3n) is 2.65. The van der Waals surface area contributed by atoms with Crippen molar-refractivity contribution in [3.8, 4) is 0 Å². The van der Waals surface area contributed by atoms with Gasteiger partial charge in [0.05, 0.1) is 18.8 Å². The Morgan fingerprint density at radius 2 is 1.83 bits per heavy atom. The van der Waals surface area contributed by atoms with Crippen molar-refractivity contribution in [3.63, 3.8) is 0 Å². The van der Waals surface area contributed by atoms with Crippen LogP contribution in [0.3, 0.4) is 0 Å². The first kappa shape index (κ1) is 15.1. The number of nitrogens with one attached hydrogen (secondary N) is 1. The van der Waals surface area contributed by atoms with Crippen LogP contribution < -0.4 is 5.32 Å². The van der Waals surface area contributed by atoms with Gasteiger partial charge < -0.3 is 15.2 Å². The topological polar surface area (TPSA) is 41.5 Å². The molecule has 0 aliphatic carbocycles. The number of hydrogen-bond acceptors (Lipinski definition) is 3. The van der Waals surface area contributed by atoms with Gasteiger partial charge in [-0.3, -0.25) is 0 Å². The first-order valence-electron chi connectivity index (χ1n) is 6.27. The Morgan fingerprint density at radius 1 is 1.22 bits per heavy atom. The Labute approximate surface area is 108 Å². The van der Waals surface area contributed by atoms with Crippen molar-refractivity contribution in [3.05, 3.63) is 35.6 Å². The maximum Gasteiger partial charge on any atom is 0.123 e. The van der Waals surface area contributed by atoms with Crippen molar-refractivity contribution in [2.45, 2.75) is 39.0 Å². The molecule has 4 heteroatoms. The number of benzene rings is 1. The third kappa shape index (κ3) is 5.58. The van der Waals surface area contributed by atoms with E-state index in [1.165, 1.54) is 12.1 Å². The lowest BCUT2D eigenvalue weighted by Crippen LogP contribution is -2.32. The van der Waals surface area contributed by atoms with Gasteiger partial charge in [0.2, 0.25) is 0 Å². The molecule has 0 aliphatic heterocycles. The zero-order valence-electron chi connectivity index (χ0n) is 11.2. The molecular weight excluding hydrogens is 233 g/mol. The summed E-state index contributed by atoms with van der Waals surface area (Å²) in [5.74, 6) is -0.240. The molecule has 0 aliphatic rings. The summed E-state index contributed by atoms with van der Waals surface area (Å²) in [6, 6.07) is 6.42. The van der Waals surface area contributed by atoms with Gasteiger partial charge in [-0.25, -0.2) is 4.39 Å². The molecular formula is C14H22FNO2. The van der Waals surface area contributed by atoms with Crippen LogP contribution in [0, 0.1) is 5.82 Å². The van der Waals surface area contributed by atoms with Gasteiger partial charge in [0, 0.05) is 12.6 Å². The minimum absolute atomic E-state index is 0.0688. The van der Waals surface area contributed by atoms with Gasteiger partial charge in [-0.05, 0) is 38.5 Å². The summed E-state index contributed by atoms with van der Waals surface area (Å²) in [4.78, 5) is 0. The fourth-order valence-electron chi connectivity index (χ4n) is 1.54. The largest absolute Gasteiger partial charge is 0.389 e. The maximum absolute atomic E-state index is 12.8. The number of ether oxygens (including phenoxy) is 1. The van der Waals surface area contributed by atoms with Crippen LogP contribution in [-0.4, -0.2) is 30.5 Å². The second kappa shape index (κ2) is 7.46. The summed E-state index contributed by atoms with van der Waals surface area (Å²) < 4.78 is 18.1. The lowest BCUT2D eigenvalue weighted by atomic mass is 10.1. The van der Waals surface area contributed by atoms with Gasteiger partial charge in [0.25, 0.3) is 0 Å². The minimum atomic E-state index is -0.532. The number of aliphatic hydroxyl groups excluding tert-OH is 1.